The van der Waals surface area contributed by atoms with Crippen LogP contribution in [-0.2, 0) is 14.5 Å². The zero-order valence-electron chi connectivity index (χ0n) is 20.6. The van der Waals surface area contributed by atoms with Crippen LogP contribution in [0, 0.1) is 5.92 Å². The van der Waals surface area contributed by atoms with Gasteiger partial charge in [0.05, 0.1) is 42.1 Å². The number of hydrogen-bond donors (Lipinski definition) is 2. The fourth-order valence-corrected chi connectivity index (χ4v) is 4.09. The number of amides is 1. The second-order valence-electron chi connectivity index (χ2n) is 8.70. The molecule has 2 aromatic heterocycles. The van der Waals surface area contributed by atoms with E-state index in [2.05, 4.69) is 29.9 Å². The summed E-state index contributed by atoms with van der Waals surface area (Å²) in [6.45, 7) is 1.78. The van der Waals surface area contributed by atoms with Crippen LogP contribution in [0.15, 0.2) is 47.2 Å². The SMILES string of the molecule is CCC(=O)c1cnc(NC(=O)C2CC2)cc1Nc1cccc(-c2cnc(N=S(C)(C)=O)cn2)c1OC. The Balaban J connectivity index is 1.70. The van der Waals surface area contributed by atoms with Crippen LogP contribution in [0.5, 0.6) is 5.75 Å². The van der Waals surface area contributed by atoms with E-state index >= 15 is 0 Å². The summed E-state index contributed by atoms with van der Waals surface area (Å²) in [5, 5.41) is 6.10. The fourth-order valence-electron chi connectivity index (χ4n) is 3.55. The van der Waals surface area contributed by atoms with Crippen LogP contribution in [0.2, 0.25) is 0 Å². The zero-order valence-corrected chi connectivity index (χ0v) is 21.4. The third-order valence-corrected chi connectivity index (χ3v) is 6.07. The molecule has 2 heterocycles. The van der Waals surface area contributed by atoms with Crippen molar-refractivity contribution in [2.24, 2.45) is 10.3 Å². The van der Waals surface area contributed by atoms with Crippen LogP contribution in [-0.4, -0.2) is 50.5 Å². The Bertz CT molecular complexity index is 1420. The number of carbonyl (C=O) groups is 2. The van der Waals surface area contributed by atoms with Crippen molar-refractivity contribution in [3.8, 4) is 17.0 Å². The number of Topliss-reactive ketones (excluding diaryl/α,β-unsaturated/α-hetero) is 1. The van der Waals surface area contributed by atoms with E-state index in [4.69, 9.17) is 4.74 Å². The smallest absolute Gasteiger partial charge is 0.228 e. The molecule has 0 aliphatic heterocycles. The molecule has 2 N–H and O–H groups in total. The summed E-state index contributed by atoms with van der Waals surface area (Å²) < 4.78 is 21.7. The van der Waals surface area contributed by atoms with Gasteiger partial charge in [0, 0.05) is 52.4 Å². The third kappa shape index (κ3) is 6.03. The number of ketones is 1. The molecule has 188 valence electrons. The van der Waals surface area contributed by atoms with Crippen LogP contribution in [0.4, 0.5) is 23.0 Å². The highest BCUT2D eigenvalue weighted by Gasteiger charge is 2.30. The molecule has 36 heavy (non-hydrogen) atoms. The van der Waals surface area contributed by atoms with Crippen molar-refractivity contribution in [1.82, 2.24) is 15.0 Å². The molecule has 1 amide bonds. The van der Waals surface area contributed by atoms with Crippen LogP contribution in [0.1, 0.15) is 36.5 Å². The van der Waals surface area contributed by atoms with Crippen molar-refractivity contribution in [2.75, 3.05) is 30.3 Å². The molecule has 0 radical (unpaired) electrons. The Labute approximate surface area is 210 Å². The standard InChI is InChI=1S/C25H28N6O4S/c1-5-21(32)17-12-27-22(30-25(33)15-9-10-15)11-19(17)29-18-8-6-7-16(24(18)35-2)20-13-28-23(14-26-20)31-36(3,4)34/h6-8,11-15H,5,9-10H2,1-4H3,(H2,27,29,30,33). The Morgan fingerprint density at radius 1 is 1.11 bits per heavy atom. The quantitative estimate of drug-likeness (QED) is 0.401. The van der Waals surface area contributed by atoms with Gasteiger partial charge in [0.15, 0.2) is 17.4 Å². The van der Waals surface area contributed by atoms with Gasteiger partial charge < -0.3 is 15.4 Å². The minimum absolute atomic E-state index is 0.0263. The number of pyridine rings is 1. The molecule has 1 aromatic carbocycles. The van der Waals surface area contributed by atoms with Gasteiger partial charge in [0.2, 0.25) is 5.91 Å². The summed E-state index contributed by atoms with van der Waals surface area (Å²) in [6.07, 6.45) is 9.58. The number of nitrogens with one attached hydrogen (secondary N) is 2. The molecule has 1 aliphatic carbocycles. The minimum atomic E-state index is -2.36. The van der Waals surface area contributed by atoms with Crippen LogP contribution in [0.3, 0.4) is 0 Å². The first-order valence-electron chi connectivity index (χ1n) is 11.5. The lowest BCUT2D eigenvalue weighted by molar-refractivity contribution is -0.117. The average Bonchev–Trinajstić information content (AvgIpc) is 3.69. The second kappa shape index (κ2) is 10.4. The number of benzene rings is 1. The minimum Gasteiger partial charge on any atom is -0.494 e. The lowest BCUT2D eigenvalue weighted by Gasteiger charge is -2.17. The van der Waals surface area contributed by atoms with Gasteiger partial charge in [-0.15, -0.1) is 0 Å². The van der Waals surface area contributed by atoms with E-state index in [9.17, 15) is 13.8 Å². The number of para-hydroxylation sites is 1. The second-order valence-corrected chi connectivity index (χ2v) is 11.2. The summed E-state index contributed by atoms with van der Waals surface area (Å²) in [4.78, 5) is 37.8. The molecular weight excluding hydrogens is 480 g/mol. The van der Waals surface area contributed by atoms with Crippen molar-refractivity contribution < 1.29 is 18.5 Å². The van der Waals surface area contributed by atoms with Crippen molar-refractivity contribution in [1.29, 1.82) is 0 Å². The van der Waals surface area contributed by atoms with E-state index in [1.54, 1.807) is 13.0 Å². The average molecular weight is 509 g/mol. The number of rotatable bonds is 9. The van der Waals surface area contributed by atoms with Gasteiger partial charge >= 0.3 is 0 Å². The molecular formula is C25H28N6O4S. The molecule has 11 heteroatoms. The van der Waals surface area contributed by atoms with E-state index in [0.717, 1.165) is 12.8 Å². The maximum absolute atomic E-state index is 12.6. The summed E-state index contributed by atoms with van der Waals surface area (Å²) >= 11 is 0. The van der Waals surface area contributed by atoms with Crippen molar-refractivity contribution >= 4 is 44.4 Å². The van der Waals surface area contributed by atoms with Gasteiger partial charge in [-0.2, -0.15) is 4.36 Å². The summed E-state index contributed by atoms with van der Waals surface area (Å²) in [5.74, 6) is 1.00. The number of aromatic nitrogens is 3. The fraction of sp³-hybridized carbons (Fsp3) is 0.320. The highest BCUT2D eigenvalue weighted by atomic mass is 32.2. The van der Waals surface area contributed by atoms with E-state index < -0.39 is 9.73 Å². The topological polar surface area (TPSA) is 136 Å². The maximum Gasteiger partial charge on any atom is 0.228 e. The number of methoxy groups -OCH3 is 1. The Kier molecular flexibility index (Phi) is 7.30. The maximum atomic E-state index is 12.6. The van der Waals surface area contributed by atoms with Gasteiger partial charge in [-0.05, 0) is 25.0 Å². The van der Waals surface area contributed by atoms with E-state index in [-0.39, 0.29) is 23.4 Å². The van der Waals surface area contributed by atoms with Gasteiger partial charge in [-0.3, -0.25) is 14.6 Å². The predicted octanol–water partition coefficient (Wildman–Crippen LogP) is 4.59. The molecule has 3 aromatic rings. The first kappa shape index (κ1) is 25.2. The summed E-state index contributed by atoms with van der Waals surface area (Å²) in [5.41, 5.74) is 2.69. The predicted molar refractivity (Wildman–Crippen MR) is 140 cm³/mol. The van der Waals surface area contributed by atoms with Crippen molar-refractivity contribution in [3.05, 3.63) is 48.4 Å². The molecule has 0 atom stereocenters. The van der Waals surface area contributed by atoms with E-state index in [1.807, 2.05) is 18.2 Å². The van der Waals surface area contributed by atoms with Crippen LogP contribution in [0.25, 0.3) is 11.3 Å². The molecule has 0 unspecified atom stereocenters. The monoisotopic (exact) mass is 508 g/mol. The number of hydrogen-bond acceptors (Lipinski definition) is 9. The van der Waals surface area contributed by atoms with Gasteiger partial charge in [0.1, 0.15) is 5.82 Å². The molecule has 1 aliphatic rings. The number of nitrogens with zero attached hydrogens (tertiary/aromatic N) is 4. The highest BCUT2D eigenvalue weighted by molar-refractivity contribution is 7.92. The molecule has 4 rings (SSSR count). The zero-order chi connectivity index (χ0) is 25.9. The molecule has 0 saturated heterocycles. The van der Waals surface area contributed by atoms with Crippen LogP contribution >= 0.6 is 0 Å². The first-order valence-corrected chi connectivity index (χ1v) is 13.8. The van der Waals surface area contributed by atoms with Gasteiger partial charge in [-0.25, -0.2) is 14.2 Å². The number of anilines is 3. The molecule has 0 spiro atoms. The number of carbonyl (C=O) groups excluding carboxylic acids is 2. The highest BCUT2D eigenvalue weighted by Crippen LogP contribution is 2.38. The molecule has 10 nitrogen and oxygen atoms in total. The van der Waals surface area contributed by atoms with Crippen molar-refractivity contribution in [2.45, 2.75) is 26.2 Å². The summed E-state index contributed by atoms with van der Waals surface area (Å²) in [7, 11) is -0.818. The van der Waals surface area contributed by atoms with E-state index in [1.165, 1.54) is 38.2 Å². The molecule has 1 fully saturated rings. The Hall–Kier alpha value is -3.86. The Morgan fingerprint density at radius 2 is 1.89 bits per heavy atom. The van der Waals surface area contributed by atoms with Crippen LogP contribution < -0.4 is 15.4 Å². The normalized spacial score (nSPS) is 13.1. The van der Waals surface area contributed by atoms with Gasteiger partial charge in [-0.1, -0.05) is 13.0 Å². The van der Waals surface area contributed by atoms with Gasteiger partial charge in [0.25, 0.3) is 0 Å². The number of ether oxygens (including phenoxy) is 1. The molecule has 0 bridgehead atoms. The van der Waals surface area contributed by atoms with Crippen molar-refractivity contribution in [3.63, 3.8) is 0 Å². The largest absolute Gasteiger partial charge is 0.494 e. The lowest BCUT2D eigenvalue weighted by Crippen LogP contribution is -2.15. The van der Waals surface area contributed by atoms with E-state index in [0.29, 0.717) is 46.2 Å². The Morgan fingerprint density at radius 3 is 2.50 bits per heavy atom. The third-order valence-electron chi connectivity index (χ3n) is 5.44. The lowest BCUT2D eigenvalue weighted by atomic mass is 10.1. The molecule has 1 saturated carbocycles. The first-order chi connectivity index (χ1) is 17.2. The summed E-state index contributed by atoms with van der Waals surface area (Å²) in [6, 6.07) is 7.12.